The minimum Gasteiger partial charge on any atom is -0.461 e. The molecule has 0 amide bonds. The van der Waals surface area contributed by atoms with E-state index in [0.29, 0.717) is 36.2 Å². The zero-order valence-electron chi connectivity index (χ0n) is 11.4. The van der Waals surface area contributed by atoms with Crippen LogP contribution in [0, 0.1) is 6.92 Å². The van der Waals surface area contributed by atoms with Crippen molar-refractivity contribution >= 4 is 5.97 Å². The van der Waals surface area contributed by atoms with Crippen LogP contribution in [0.2, 0.25) is 0 Å². The van der Waals surface area contributed by atoms with Crippen molar-refractivity contribution in [2.75, 3.05) is 6.61 Å². The van der Waals surface area contributed by atoms with Crippen LogP contribution in [-0.2, 0) is 11.3 Å². The van der Waals surface area contributed by atoms with Gasteiger partial charge in [-0.25, -0.2) is 14.1 Å². The van der Waals surface area contributed by atoms with Crippen molar-refractivity contribution in [2.45, 2.75) is 39.2 Å². The van der Waals surface area contributed by atoms with Gasteiger partial charge in [-0.2, -0.15) is 0 Å². The zero-order chi connectivity index (χ0) is 14.1. The van der Waals surface area contributed by atoms with Crippen molar-refractivity contribution in [3.8, 4) is 0 Å². The molecule has 3 rings (SSSR count). The summed E-state index contributed by atoms with van der Waals surface area (Å²) in [5.41, 5.74) is 2.53. The summed E-state index contributed by atoms with van der Waals surface area (Å²) in [5, 5.41) is 15.6. The maximum Gasteiger partial charge on any atom is 0.360 e. The molecular formula is C12H15N5O3. The van der Waals surface area contributed by atoms with Crippen molar-refractivity contribution in [3.63, 3.8) is 0 Å². The smallest absolute Gasteiger partial charge is 0.360 e. The first kappa shape index (κ1) is 12.8. The molecule has 2 heterocycles. The fourth-order valence-electron chi connectivity index (χ4n) is 2.08. The Morgan fingerprint density at radius 2 is 2.25 bits per heavy atom. The van der Waals surface area contributed by atoms with Gasteiger partial charge in [0, 0.05) is 5.92 Å². The Bertz CT molecular complexity index is 629. The van der Waals surface area contributed by atoms with Gasteiger partial charge < -0.3 is 4.74 Å². The van der Waals surface area contributed by atoms with E-state index in [2.05, 4.69) is 25.3 Å². The third-order valence-corrected chi connectivity index (χ3v) is 3.25. The third-order valence-electron chi connectivity index (χ3n) is 3.25. The predicted molar refractivity (Wildman–Crippen MR) is 66.1 cm³/mol. The van der Waals surface area contributed by atoms with Gasteiger partial charge in [-0.3, -0.25) is 0 Å². The topological polar surface area (TPSA) is 95.9 Å². The van der Waals surface area contributed by atoms with Crippen molar-refractivity contribution in [2.24, 2.45) is 0 Å². The molecule has 0 unspecified atom stereocenters. The molecule has 0 radical (unpaired) electrons. The van der Waals surface area contributed by atoms with Crippen LogP contribution >= 0.6 is 0 Å². The van der Waals surface area contributed by atoms with Gasteiger partial charge in [0.1, 0.15) is 11.4 Å². The van der Waals surface area contributed by atoms with Crippen LogP contribution in [0.5, 0.6) is 0 Å². The van der Waals surface area contributed by atoms with Crippen LogP contribution in [-0.4, -0.2) is 37.9 Å². The number of carbonyl (C=O) groups excluding carboxylic acids is 1. The van der Waals surface area contributed by atoms with Gasteiger partial charge in [0.15, 0.2) is 5.69 Å². The van der Waals surface area contributed by atoms with E-state index in [1.54, 1.807) is 11.6 Å². The minimum absolute atomic E-state index is 0.309. The van der Waals surface area contributed by atoms with Crippen molar-refractivity contribution in [1.82, 2.24) is 25.3 Å². The maximum atomic E-state index is 11.9. The van der Waals surface area contributed by atoms with Crippen molar-refractivity contribution < 1.29 is 14.2 Å². The number of nitrogens with zero attached hydrogens (tertiary/aromatic N) is 5. The minimum atomic E-state index is -0.421. The second-order valence-electron chi connectivity index (χ2n) is 4.77. The maximum absolute atomic E-state index is 11.9. The Morgan fingerprint density at radius 1 is 1.45 bits per heavy atom. The zero-order valence-corrected chi connectivity index (χ0v) is 11.4. The van der Waals surface area contributed by atoms with E-state index in [1.165, 1.54) is 0 Å². The molecule has 2 aromatic rings. The summed E-state index contributed by atoms with van der Waals surface area (Å²) in [5.74, 6) is -0.0970. The molecule has 0 saturated heterocycles. The van der Waals surface area contributed by atoms with Crippen LogP contribution < -0.4 is 0 Å². The van der Waals surface area contributed by atoms with Gasteiger partial charge in [0.25, 0.3) is 0 Å². The second kappa shape index (κ2) is 5.03. The standard InChI is InChI=1S/C12H15N5O3/c1-3-19-12(18)10-11(8-4-5-8)17(16-13-10)6-9-7(2)14-20-15-9/h8H,3-6H2,1-2H3. The fourth-order valence-corrected chi connectivity index (χ4v) is 2.08. The molecule has 0 aromatic carbocycles. The first-order valence-corrected chi connectivity index (χ1v) is 6.59. The van der Waals surface area contributed by atoms with E-state index in [4.69, 9.17) is 4.74 Å². The highest BCUT2D eigenvalue weighted by Crippen LogP contribution is 2.41. The van der Waals surface area contributed by atoms with Crippen molar-refractivity contribution in [3.05, 3.63) is 22.8 Å². The molecule has 0 bridgehead atoms. The van der Waals surface area contributed by atoms with Gasteiger partial charge in [-0.15, -0.1) is 5.10 Å². The monoisotopic (exact) mass is 277 g/mol. The highest BCUT2D eigenvalue weighted by molar-refractivity contribution is 5.88. The van der Waals surface area contributed by atoms with Gasteiger partial charge >= 0.3 is 5.97 Å². The number of esters is 1. The van der Waals surface area contributed by atoms with Crippen LogP contribution in [0.1, 0.15) is 53.3 Å². The summed E-state index contributed by atoms with van der Waals surface area (Å²) in [6, 6.07) is 0. The van der Waals surface area contributed by atoms with Crippen LogP contribution in [0.25, 0.3) is 0 Å². The van der Waals surface area contributed by atoms with Gasteiger partial charge in [0.2, 0.25) is 0 Å². The molecule has 0 N–H and O–H groups in total. The summed E-state index contributed by atoms with van der Waals surface area (Å²) in [7, 11) is 0. The van der Waals surface area contributed by atoms with E-state index in [1.807, 2.05) is 6.92 Å². The van der Waals surface area contributed by atoms with E-state index in [9.17, 15) is 4.79 Å². The first-order valence-electron chi connectivity index (χ1n) is 6.59. The van der Waals surface area contributed by atoms with Crippen molar-refractivity contribution in [1.29, 1.82) is 0 Å². The average Bonchev–Trinajstić information content (AvgIpc) is 3.06. The molecule has 0 atom stereocenters. The molecule has 8 nitrogen and oxygen atoms in total. The Kier molecular flexibility index (Phi) is 3.21. The molecule has 1 fully saturated rings. The van der Waals surface area contributed by atoms with Crippen LogP contribution in [0.4, 0.5) is 0 Å². The molecule has 1 aliphatic carbocycles. The number of aryl methyl sites for hydroxylation is 1. The Morgan fingerprint density at radius 3 is 2.85 bits per heavy atom. The van der Waals surface area contributed by atoms with E-state index in [-0.39, 0.29) is 0 Å². The normalized spacial score (nSPS) is 14.5. The van der Waals surface area contributed by atoms with Gasteiger partial charge in [-0.1, -0.05) is 15.5 Å². The number of aromatic nitrogens is 5. The predicted octanol–water partition coefficient (Wildman–Crippen LogP) is 1.07. The quantitative estimate of drug-likeness (QED) is 0.754. The highest BCUT2D eigenvalue weighted by Gasteiger charge is 2.34. The lowest BCUT2D eigenvalue weighted by atomic mass is 10.2. The van der Waals surface area contributed by atoms with Gasteiger partial charge in [-0.05, 0) is 26.7 Å². The summed E-state index contributed by atoms with van der Waals surface area (Å²) in [6.07, 6.45) is 2.08. The number of hydrogen-bond acceptors (Lipinski definition) is 7. The Labute approximate surface area is 115 Å². The molecule has 0 aliphatic heterocycles. The fraction of sp³-hybridized carbons (Fsp3) is 0.583. The summed E-state index contributed by atoms with van der Waals surface area (Å²) < 4.78 is 11.4. The lowest BCUT2D eigenvalue weighted by Gasteiger charge is -2.05. The van der Waals surface area contributed by atoms with Crippen LogP contribution in [0.15, 0.2) is 4.63 Å². The molecule has 0 spiro atoms. The average molecular weight is 277 g/mol. The molecule has 20 heavy (non-hydrogen) atoms. The second-order valence-corrected chi connectivity index (χ2v) is 4.77. The number of rotatable bonds is 5. The largest absolute Gasteiger partial charge is 0.461 e. The number of hydrogen-bond donors (Lipinski definition) is 0. The molecule has 106 valence electrons. The first-order chi connectivity index (χ1) is 9.70. The molecule has 2 aromatic heterocycles. The Balaban J connectivity index is 1.91. The SMILES string of the molecule is CCOC(=O)c1nnn(Cc2nonc2C)c1C1CC1. The summed E-state index contributed by atoms with van der Waals surface area (Å²) in [6.45, 7) is 4.30. The Hall–Kier alpha value is -2.25. The molecule has 8 heteroatoms. The van der Waals surface area contributed by atoms with Crippen LogP contribution in [0.3, 0.4) is 0 Å². The molecule has 1 saturated carbocycles. The lowest BCUT2D eigenvalue weighted by Crippen LogP contribution is -2.11. The molecule has 1 aliphatic rings. The molecular weight excluding hydrogens is 262 g/mol. The summed E-state index contributed by atoms with van der Waals surface area (Å²) in [4.78, 5) is 11.9. The van der Waals surface area contributed by atoms with E-state index >= 15 is 0 Å². The van der Waals surface area contributed by atoms with E-state index < -0.39 is 5.97 Å². The highest BCUT2D eigenvalue weighted by atomic mass is 16.6. The van der Waals surface area contributed by atoms with E-state index in [0.717, 1.165) is 18.5 Å². The summed E-state index contributed by atoms with van der Waals surface area (Å²) >= 11 is 0. The lowest BCUT2D eigenvalue weighted by molar-refractivity contribution is 0.0518. The third kappa shape index (κ3) is 2.28. The number of ether oxygens (including phenoxy) is 1. The van der Waals surface area contributed by atoms with Gasteiger partial charge in [0.05, 0.1) is 18.8 Å². The number of carbonyl (C=O) groups is 1.